The van der Waals surface area contributed by atoms with E-state index in [1.807, 2.05) is 11.9 Å². The van der Waals surface area contributed by atoms with Gasteiger partial charge in [-0.05, 0) is 35.1 Å². The van der Waals surface area contributed by atoms with E-state index in [-0.39, 0.29) is 17.2 Å². The van der Waals surface area contributed by atoms with E-state index in [0.29, 0.717) is 24.2 Å². The van der Waals surface area contributed by atoms with Crippen LogP contribution in [-0.2, 0) is 4.74 Å². The molecule has 0 saturated carbocycles. The maximum absolute atomic E-state index is 11.9. The van der Waals surface area contributed by atoms with Crippen molar-refractivity contribution in [3.8, 4) is 0 Å². The van der Waals surface area contributed by atoms with Crippen LogP contribution in [0.15, 0.2) is 22.7 Å². The van der Waals surface area contributed by atoms with Gasteiger partial charge in [0.25, 0.3) is 11.6 Å². The summed E-state index contributed by atoms with van der Waals surface area (Å²) in [6.45, 7) is 2.54. The Balaban J connectivity index is 2.53. The number of ether oxygens (including phenoxy) is 1. The maximum atomic E-state index is 11.9. The summed E-state index contributed by atoms with van der Waals surface area (Å²) in [5.41, 5.74) is 0.143. The quantitative estimate of drug-likeness (QED) is 0.563. The molecule has 1 aromatic carbocycles. The molecule has 1 amide bonds. The Kier molecular flexibility index (Phi) is 7.27. The van der Waals surface area contributed by atoms with Crippen molar-refractivity contribution in [3.05, 3.63) is 38.3 Å². The largest absolute Gasteiger partial charge is 0.383 e. The molecule has 1 rings (SSSR count). The highest BCUT2D eigenvalue weighted by molar-refractivity contribution is 9.10. The van der Waals surface area contributed by atoms with Gasteiger partial charge in [0.15, 0.2) is 0 Å². The second-order valence-corrected chi connectivity index (χ2v) is 5.33. The summed E-state index contributed by atoms with van der Waals surface area (Å²) < 4.78 is 5.31. The highest BCUT2D eigenvalue weighted by Gasteiger charge is 2.15. The average molecular weight is 360 g/mol. The number of nitro benzene ring substituents is 1. The first kappa shape index (κ1) is 17.5. The minimum absolute atomic E-state index is 0.125. The van der Waals surface area contributed by atoms with Gasteiger partial charge in [0.05, 0.1) is 16.0 Å². The molecule has 0 atom stereocenters. The van der Waals surface area contributed by atoms with Crippen LogP contribution in [0.25, 0.3) is 0 Å². The number of likely N-dealkylation sites (N-methyl/N-ethyl adjacent to an activating group) is 1. The normalized spacial score (nSPS) is 10.7. The Morgan fingerprint density at radius 2 is 2.19 bits per heavy atom. The first-order chi connectivity index (χ1) is 9.95. The fourth-order valence-electron chi connectivity index (χ4n) is 1.62. The van der Waals surface area contributed by atoms with Crippen molar-refractivity contribution < 1.29 is 14.5 Å². The summed E-state index contributed by atoms with van der Waals surface area (Å²) in [5.74, 6) is -0.328. The SMILES string of the molecule is COCCN(C)CCNC(=O)c1ccc(Br)c([N+](=O)[O-])c1. The summed E-state index contributed by atoms with van der Waals surface area (Å²) in [6, 6.07) is 4.30. The fraction of sp³-hybridized carbons (Fsp3) is 0.462. The predicted molar refractivity (Wildman–Crippen MR) is 82.5 cm³/mol. The Morgan fingerprint density at radius 1 is 1.48 bits per heavy atom. The summed E-state index contributed by atoms with van der Waals surface area (Å²) in [5, 5.41) is 13.6. The number of benzene rings is 1. The monoisotopic (exact) mass is 359 g/mol. The van der Waals surface area contributed by atoms with Crippen molar-refractivity contribution in [3.63, 3.8) is 0 Å². The van der Waals surface area contributed by atoms with Crippen LogP contribution >= 0.6 is 15.9 Å². The molecular weight excluding hydrogens is 342 g/mol. The lowest BCUT2D eigenvalue weighted by Gasteiger charge is -2.16. The molecule has 0 aliphatic heterocycles. The number of amides is 1. The van der Waals surface area contributed by atoms with Crippen molar-refractivity contribution in [1.82, 2.24) is 10.2 Å². The van der Waals surface area contributed by atoms with Gasteiger partial charge in [-0.1, -0.05) is 0 Å². The van der Waals surface area contributed by atoms with Crippen LogP contribution in [0.3, 0.4) is 0 Å². The molecule has 0 heterocycles. The van der Waals surface area contributed by atoms with E-state index in [1.165, 1.54) is 12.1 Å². The smallest absolute Gasteiger partial charge is 0.284 e. The molecule has 116 valence electrons. The number of carbonyl (C=O) groups is 1. The van der Waals surface area contributed by atoms with Crippen LogP contribution in [0.1, 0.15) is 10.4 Å². The Bertz CT molecular complexity index is 510. The molecule has 1 N–H and O–H groups in total. The zero-order valence-corrected chi connectivity index (χ0v) is 13.6. The van der Waals surface area contributed by atoms with Crippen LogP contribution < -0.4 is 5.32 Å². The molecule has 0 aliphatic carbocycles. The van der Waals surface area contributed by atoms with Gasteiger partial charge in [-0.15, -0.1) is 0 Å². The molecule has 7 nitrogen and oxygen atoms in total. The number of methoxy groups -OCH3 is 1. The van der Waals surface area contributed by atoms with Crippen molar-refractivity contribution in [2.45, 2.75) is 0 Å². The number of carbonyl (C=O) groups excluding carboxylic acids is 1. The van der Waals surface area contributed by atoms with E-state index in [2.05, 4.69) is 21.2 Å². The molecule has 0 radical (unpaired) electrons. The van der Waals surface area contributed by atoms with Crippen molar-refractivity contribution >= 4 is 27.5 Å². The van der Waals surface area contributed by atoms with E-state index in [0.717, 1.165) is 6.54 Å². The zero-order chi connectivity index (χ0) is 15.8. The molecule has 0 unspecified atom stereocenters. The second-order valence-electron chi connectivity index (χ2n) is 4.48. The van der Waals surface area contributed by atoms with Crippen LogP contribution in [0, 0.1) is 10.1 Å². The third-order valence-corrected chi connectivity index (χ3v) is 3.53. The number of hydrogen-bond donors (Lipinski definition) is 1. The van der Waals surface area contributed by atoms with Gasteiger partial charge >= 0.3 is 0 Å². The summed E-state index contributed by atoms with van der Waals surface area (Å²) in [4.78, 5) is 24.3. The lowest BCUT2D eigenvalue weighted by Crippen LogP contribution is -2.34. The van der Waals surface area contributed by atoms with Crippen LogP contribution in [0.2, 0.25) is 0 Å². The number of nitro groups is 1. The van der Waals surface area contributed by atoms with E-state index in [4.69, 9.17) is 4.74 Å². The summed E-state index contributed by atoms with van der Waals surface area (Å²) in [7, 11) is 3.56. The molecule has 0 aliphatic rings. The third-order valence-electron chi connectivity index (χ3n) is 2.86. The molecule has 0 bridgehead atoms. The first-order valence-corrected chi connectivity index (χ1v) is 7.14. The number of hydrogen-bond acceptors (Lipinski definition) is 5. The minimum Gasteiger partial charge on any atom is -0.383 e. The van der Waals surface area contributed by atoms with Crippen LogP contribution in [-0.4, -0.2) is 56.1 Å². The standard InChI is InChI=1S/C13H18BrN3O4/c1-16(7-8-21-2)6-5-15-13(18)10-3-4-11(14)12(9-10)17(19)20/h3-4,9H,5-8H2,1-2H3,(H,15,18). The maximum Gasteiger partial charge on any atom is 0.284 e. The Hall–Kier alpha value is -1.51. The minimum atomic E-state index is -0.528. The van der Waals surface area contributed by atoms with Gasteiger partial charge in [0.2, 0.25) is 0 Å². The lowest BCUT2D eigenvalue weighted by atomic mass is 10.2. The molecule has 1 aromatic rings. The van der Waals surface area contributed by atoms with Gasteiger partial charge in [-0.25, -0.2) is 0 Å². The summed E-state index contributed by atoms with van der Waals surface area (Å²) in [6.07, 6.45) is 0. The van der Waals surface area contributed by atoms with Crippen molar-refractivity contribution in [2.75, 3.05) is 40.4 Å². The fourth-order valence-corrected chi connectivity index (χ4v) is 2.01. The Labute approximate surface area is 131 Å². The number of halogens is 1. The molecule has 0 aromatic heterocycles. The number of nitrogens with one attached hydrogen (secondary N) is 1. The molecule has 0 spiro atoms. The van der Waals surface area contributed by atoms with Gasteiger partial charge in [-0.2, -0.15) is 0 Å². The second kappa shape index (κ2) is 8.71. The van der Waals surface area contributed by atoms with E-state index in [9.17, 15) is 14.9 Å². The molecule has 0 fully saturated rings. The highest BCUT2D eigenvalue weighted by Crippen LogP contribution is 2.25. The van der Waals surface area contributed by atoms with Crippen molar-refractivity contribution in [1.29, 1.82) is 0 Å². The summed E-state index contributed by atoms with van der Waals surface area (Å²) >= 11 is 3.08. The first-order valence-electron chi connectivity index (χ1n) is 6.35. The number of nitrogens with zero attached hydrogens (tertiary/aromatic N) is 2. The average Bonchev–Trinajstić information content (AvgIpc) is 2.45. The predicted octanol–water partition coefficient (Wildman–Crippen LogP) is 1.67. The van der Waals surface area contributed by atoms with Crippen LogP contribution in [0.5, 0.6) is 0 Å². The Morgan fingerprint density at radius 3 is 2.81 bits per heavy atom. The van der Waals surface area contributed by atoms with E-state index in [1.54, 1.807) is 13.2 Å². The molecule has 0 saturated heterocycles. The molecule has 8 heteroatoms. The molecule has 21 heavy (non-hydrogen) atoms. The zero-order valence-electron chi connectivity index (χ0n) is 12.0. The topological polar surface area (TPSA) is 84.7 Å². The molecular formula is C13H18BrN3O4. The highest BCUT2D eigenvalue weighted by atomic mass is 79.9. The van der Waals surface area contributed by atoms with Gasteiger partial charge in [-0.3, -0.25) is 14.9 Å². The van der Waals surface area contributed by atoms with Gasteiger partial charge < -0.3 is 15.0 Å². The van der Waals surface area contributed by atoms with Crippen molar-refractivity contribution in [2.24, 2.45) is 0 Å². The van der Waals surface area contributed by atoms with Crippen LogP contribution in [0.4, 0.5) is 5.69 Å². The lowest BCUT2D eigenvalue weighted by molar-refractivity contribution is -0.385. The number of rotatable bonds is 8. The van der Waals surface area contributed by atoms with E-state index < -0.39 is 4.92 Å². The van der Waals surface area contributed by atoms with Gasteiger partial charge in [0.1, 0.15) is 0 Å². The van der Waals surface area contributed by atoms with E-state index >= 15 is 0 Å². The third kappa shape index (κ3) is 5.78. The van der Waals surface area contributed by atoms with Gasteiger partial charge in [0, 0.05) is 38.4 Å².